The van der Waals surface area contributed by atoms with Gasteiger partial charge in [0, 0.05) is 26.2 Å². The lowest BCUT2D eigenvalue weighted by Gasteiger charge is -2.06. The van der Waals surface area contributed by atoms with Crippen LogP contribution in [0.3, 0.4) is 0 Å². The summed E-state index contributed by atoms with van der Waals surface area (Å²) in [6.07, 6.45) is 1.59. The zero-order valence-electron chi connectivity index (χ0n) is 8.99. The third kappa shape index (κ3) is 4.94. The fraction of sp³-hybridized carbons (Fsp3) is 0.300. The summed E-state index contributed by atoms with van der Waals surface area (Å²) in [7, 11) is 0. The minimum atomic E-state index is -0.343. The number of hydrogen-bond acceptors (Lipinski definition) is 3. The summed E-state index contributed by atoms with van der Waals surface area (Å²) in [5, 5.41) is 7.71. The van der Waals surface area contributed by atoms with Crippen LogP contribution in [-0.2, 0) is 4.79 Å². The molecule has 0 fully saturated rings. The number of carbonyl (C=O) groups excluding carboxylic acids is 2. The molecule has 3 amide bonds. The van der Waals surface area contributed by atoms with E-state index in [2.05, 4.69) is 20.9 Å². The summed E-state index contributed by atoms with van der Waals surface area (Å²) < 4.78 is 0. The van der Waals surface area contributed by atoms with Crippen molar-refractivity contribution in [2.24, 2.45) is 0 Å². The Kier molecular flexibility index (Phi) is 4.78. The van der Waals surface area contributed by atoms with Crippen molar-refractivity contribution in [3.05, 3.63) is 24.4 Å². The average molecular weight is 222 g/mol. The summed E-state index contributed by atoms with van der Waals surface area (Å²) in [6.45, 7) is 2.21. The Morgan fingerprint density at radius 1 is 1.25 bits per heavy atom. The molecular formula is C10H14N4O2. The van der Waals surface area contributed by atoms with Crippen LogP contribution in [0.5, 0.6) is 0 Å². The first-order valence-electron chi connectivity index (χ1n) is 4.89. The molecule has 1 heterocycles. The second-order valence-corrected chi connectivity index (χ2v) is 3.08. The number of rotatable bonds is 4. The fourth-order valence-corrected chi connectivity index (χ4v) is 1.01. The van der Waals surface area contributed by atoms with Crippen molar-refractivity contribution >= 4 is 17.8 Å². The van der Waals surface area contributed by atoms with Crippen molar-refractivity contribution in [1.82, 2.24) is 15.6 Å². The molecule has 3 N–H and O–H groups in total. The van der Waals surface area contributed by atoms with Gasteiger partial charge in [-0.15, -0.1) is 0 Å². The van der Waals surface area contributed by atoms with Crippen LogP contribution < -0.4 is 16.0 Å². The smallest absolute Gasteiger partial charge is 0.320 e. The van der Waals surface area contributed by atoms with E-state index in [-0.39, 0.29) is 11.9 Å². The molecular weight excluding hydrogens is 208 g/mol. The van der Waals surface area contributed by atoms with Crippen LogP contribution in [0.25, 0.3) is 0 Å². The van der Waals surface area contributed by atoms with Gasteiger partial charge in [-0.1, -0.05) is 6.07 Å². The minimum absolute atomic E-state index is 0.119. The lowest BCUT2D eigenvalue weighted by atomic mass is 10.5. The zero-order chi connectivity index (χ0) is 11.8. The van der Waals surface area contributed by atoms with Crippen LogP contribution in [0.1, 0.15) is 6.92 Å². The van der Waals surface area contributed by atoms with Gasteiger partial charge in [0.15, 0.2) is 0 Å². The summed E-state index contributed by atoms with van der Waals surface area (Å²) in [4.78, 5) is 25.7. The number of carbonyl (C=O) groups is 2. The maximum Gasteiger partial charge on any atom is 0.320 e. The Hall–Kier alpha value is -2.11. The molecule has 0 bridgehead atoms. The van der Waals surface area contributed by atoms with E-state index in [0.717, 1.165) is 0 Å². The van der Waals surface area contributed by atoms with E-state index in [9.17, 15) is 9.59 Å². The number of aromatic nitrogens is 1. The van der Waals surface area contributed by atoms with Gasteiger partial charge in [0.25, 0.3) is 0 Å². The molecule has 0 saturated carbocycles. The maximum absolute atomic E-state index is 11.3. The quantitative estimate of drug-likeness (QED) is 0.642. The third-order valence-electron chi connectivity index (χ3n) is 1.69. The second-order valence-electron chi connectivity index (χ2n) is 3.08. The van der Waals surface area contributed by atoms with E-state index in [1.807, 2.05) is 0 Å². The predicted molar refractivity (Wildman–Crippen MR) is 59.9 cm³/mol. The molecule has 86 valence electrons. The molecule has 0 aromatic carbocycles. The maximum atomic E-state index is 11.3. The number of hydrogen-bond donors (Lipinski definition) is 3. The van der Waals surface area contributed by atoms with Gasteiger partial charge in [0.1, 0.15) is 5.82 Å². The van der Waals surface area contributed by atoms with E-state index in [4.69, 9.17) is 0 Å². The van der Waals surface area contributed by atoms with Crippen molar-refractivity contribution in [1.29, 1.82) is 0 Å². The van der Waals surface area contributed by atoms with Crippen LogP contribution in [0.15, 0.2) is 24.4 Å². The number of nitrogens with zero attached hydrogens (tertiary/aromatic N) is 1. The summed E-state index contributed by atoms with van der Waals surface area (Å²) in [5.41, 5.74) is 0. The molecule has 1 rings (SSSR count). The van der Waals surface area contributed by atoms with Crippen LogP contribution in [0, 0.1) is 0 Å². The van der Waals surface area contributed by atoms with Crippen molar-refractivity contribution < 1.29 is 9.59 Å². The van der Waals surface area contributed by atoms with Gasteiger partial charge in [-0.3, -0.25) is 10.1 Å². The Labute approximate surface area is 93.4 Å². The first kappa shape index (κ1) is 12.0. The standard InChI is InChI=1S/C10H14N4O2/c1-8(15)11-6-7-13-10(16)14-9-4-2-3-5-12-9/h2-5H,6-7H2,1H3,(H,11,15)(H2,12,13,14,16). The molecule has 0 aliphatic rings. The Balaban J connectivity index is 2.19. The summed E-state index contributed by atoms with van der Waals surface area (Å²) in [6, 6.07) is 4.89. The van der Waals surface area contributed by atoms with Gasteiger partial charge >= 0.3 is 6.03 Å². The largest absolute Gasteiger partial charge is 0.355 e. The molecule has 6 nitrogen and oxygen atoms in total. The molecule has 0 saturated heterocycles. The minimum Gasteiger partial charge on any atom is -0.355 e. The van der Waals surface area contributed by atoms with Crippen molar-refractivity contribution in [2.75, 3.05) is 18.4 Å². The lowest BCUT2D eigenvalue weighted by molar-refractivity contribution is -0.118. The molecule has 0 aliphatic heterocycles. The molecule has 0 radical (unpaired) electrons. The van der Waals surface area contributed by atoms with Crippen molar-refractivity contribution in [3.63, 3.8) is 0 Å². The highest BCUT2D eigenvalue weighted by Gasteiger charge is 2.00. The van der Waals surface area contributed by atoms with Gasteiger partial charge in [0.05, 0.1) is 0 Å². The van der Waals surface area contributed by atoms with Gasteiger partial charge in [-0.2, -0.15) is 0 Å². The van der Waals surface area contributed by atoms with Gasteiger partial charge in [0.2, 0.25) is 5.91 Å². The SMILES string of the molecule is CC(=O)NCCNC(=O)Nc1ccccn1. The first-order chi connectivity index (χ1) is 7.68. The molecule has 6 heteroatoms. The number of nitrogens with one attached hydrogen (secondary N) is 3. The lowest BCUT2D eigenvalue weighted by Crippen LogP contribution is -2.36. The van der Waals surface area contributed by atoms with E-state index in [1.165, 1.54) is 6.92 Å². The third-order valence-corrected chi connectivity index (χ3v) is 1.69. The number of urea groups is 1. The first-order valence-corrected chi connectivity index (χ1v) is 4.89. The number of anilines is 1. The summed E-state index contributed by atoms with van der Waals surface area (Å²) >= 11 is 0. The second kappa shape index (κ2) is 6.39. The molecule has 16 heavy (non-hydrogen) atoms. The Morgan fingerprint density at radius 2 is 2.00 bits per heavy atom. The Bertz CT molecular complexity index is 353. The van der Waals surface area contributed by atoms with E-state index in [1.54, 1.807) is 24.4 Å². The van der Waals surface area contributed by atoms with Crippen LogP contribution >= 0.6 is 0 Å². The zero-order valence-corrected chi connectivity index (χ0v) is 8.99. The normalized spacial score (nSPS) is 9.31. The predicted octanol–water partition coefficient (Wildman–Crippen LogP) is 0.339. The van der Waals surface area contributed by atoms with Gasteiger partial charge in [-0.05, 0) is 12.1 Å². The monoisotopic (exact) mass is 222 g/mol. The molecule has 0 unspecified atom stereocenters. The van der Waals surface area contributed by atoms with Crippen molar-refractivity contribution in [2.45, 2.75) is 6.92 Å². The highest BCUT2D eigenvalue weighted by Crippen LogP contribution is 1.98. The topological polar surface area (TPSA) is 83.1 Å². The molecule has 1 aromatic heterocycles. The van der Waals surface area contributed by atoms with Crippen LogP contribution in [0.4, 0.5) is 10.6 Å². The van der Waals surface area contributed by atoms with Crippen LogP contribution in [-0.4, -0.2) is 30.0 Å². The van der Waals surface area contributed by atoms with Crippen LogP contribution in [0.2, 0.25) is 0 Å². The molecule has 0 atom stereocenters. The van der Waals surface area contributed by atoms with Gasteiger partial charge < -0.3 is 10.6 Å². The summed E-state index contributed by atoms with van der Waals surface area (Å²) in [5.74, 6) is 0.367. The number of pyridine rings is 1. The van der Waals surface area contributed by atoms with Crippen molar-refractivity contribution in [3.8, 4) is 0 Å². The molecule has 0 aliphatic carbocycles. The molecule has 1 aromatic rings. The van der Waals surface area contributed by atoms with E-state index < -0.39 is 0 Å². The average Bonchev–Trinajstić information content (AvgIpc) is 2.25. The highest BCUT2D eigenvalue weighted by atomic mass is 16.2. The van der Waals surface area contributed by atoms with Gasteiger partial charge in [-0.25, -0.2) is 9.78 Å². The van der Waals surface area contributed by atoms with E-state index in [0.29, 0.717) is 18.9 Å². The molecule has 0 spiro atoms. The van der Waals surface area contributed by atoms with E-state index >= 15 is 0 Å². The highest BCUT2D eigenvalue weighted by molar-refractivity contribution is 5.88. The Morgan fingerprint density at radius 3 is 2.62 bits per heavy atom. The number of amides is 3. The fourth-order valence-electron chi connectivity index (χ4n) is 1.01.